The summed E-state index contributed by atoms with van der Waals surface area (Å²) in [4.78, 5) is 0. The number of hydrogen-bond acceptors (Lipinski definition) is 0. The van der Waals surface area contributed by atoms with Crippen LogP contribution < -0.4 is 0 Å². The van der Waals surface area contributed by atoms with E-state index in [9.17, 15) is 0 Å². The van der Waals surface area contributed by atoms with Crippen molar-refractivity contribution in [2.24, 2.45) is 10.8 Å². The molecule has 1 aromatic rings. The molecule has 4 heteroatoms. The Labute approximate surface area is 276 Å². The van der Waals surface area contributed by atoms with Crippen molar-refractivity contribution in [2.75, 3.05) is 0 Å². The van der Waals surface area contributed by atoms with Crippen LogP contribution >= 0.6 is 17.0 Å². The summed E-state index contributed by atoms with van der Waals surface area (Å²) in [7, 11) is 7.72. The molecule has 214 valence electrons. The van der Waals surface area contributed by atoms with Gasteiger partial charge >= 0.3 is 37.9 Å². The molecule has 0 unspecified atom stereocenters. The first-order chi connectivity index (χ1) is 19.6. The van der Waals surface area contributed by atoms with Gasteiger partial charge in [0.05, 0.1) is 8.07 Å². The molecule has 0 aromatic heterocycles. The fraction of sp³-hybridized carbons (Fsp3) is 0.316. The zero-order chi connectivity index (χ0) is 30.8. The monoisotopic (exact) mass is 686 g/mol. The van der Waals surface area contributed by atoms with E-state index in [0.717, 1.165) is 0 Å². The quantitative estimate of drug-likeness (QED) is 0.271. The van der Waals surface area contributed by atoms with Gasteiger partial charge in [-0.15, -0.1) is 0 Å². The molecular weight excluding hydrogens is 647 g/mol. The molecule has 42 heavy (non-hydrogen) atoms. The van der Waals surface area contributed by atoms with Crippen molar-refractivity contribution in [2.45, 2.75) is 68.5 Å². The normalized spacial score (nSPS) is 23.1. The third-order valence-corrected chi connectivity index (χ3v) is 12.8. The number of fused-ring (bicyclic) bond motifs is 6. The molecule has 0 amide bonds. The van der Waals surface area contributed by atoms with E-state index in [4.69, 9.17) is 17.0 Å². The van der Waals surface area contributed by atoms with Gasteiger partial charge in [-0.25, -0.2) is 0 Å². The van der Waals surface area contributed by atoms with Gasteiger partial charge in [0.25, 0.3) is 0 Å². The standard InChI is InChI=1S/C38H42Si.2ClH.Zr/c1-23-11-15-28-25(19-23)12-16-31-32(28)20-24(2)35(31)39(9,10)36-33-21-26(37(3,4)5)13-17-29(33)30-18-14-27(22-34(30)36)38(6,7)8;;;/h11-22H,1-10H3;2*1H;/q;;;+4/p-2. The molecule has 2 saturated carbocycles. The van der Waals surface area contributed by atoms with Gasteiger partial charge in [0.2, 0.25) is 0 Å². The van der Waals surface area contributed by atoms with Crippen LogP contribution in [0.2, 0.25) is 13.1 Å². The van der Waals surface area contributed by atoms with Gasteiger partial charge in [0, 0.05) is 35.5 Å². The second kappa shape index (κ2) is 12.1. The van der Waals surface area contributed by atoms with Crippen molar-refractivity contribution in [3.8, 4) is 0 Å². The number of aryl methyl sites for hydroxylation is 1. The summed E-state index contributed by atoms with van der Waals surface area (Å²) < 4.78 is 0. The van der Waals surface area contributed by atoms with Crippen molar-refractivity contribution in [3.63, 3.8) is 0 Å². The number of hydrogen-bond donors (Lipinski definition) is 0. The van der Waals surface area contributed by atoms with Crippen LogP contribution in [0.3, 0.4) is 0 Å². The van der Waals surface area contributed by atoms with E-state index in [0.29, 0.717) is 0 Å². The Bertz CT molecular complexity index is 1280. The summed E-state index contributed by atoms with van der Waals surface area (Å²) in [5.41, 5.74) is 10.3. The maximum absolute atomic E-state index is 4.93. The molecule has 6 rings (SSSR count). The average molecular weight is 689 g/mol. The van der Waals surface area contributed by atoms with Gasteiger partial charge < -0.3 is 0 Å². The Kier molecular flexibility index (Phi) is 9.48. The Morgan fingerprint density at radius 3 is 1.62 bits per heavy atom. The van der Waals surface area contributed by atoms with E-state index in [1.54, 1.807) is 11.1 Å². The van der Waals surface area contributed by atoms with Crippen molar-refractivity contribution < 1.29 is 20.8 Å². The Morgan fingerprint density at radius 2 is 1.12 bits per heavy atom. The molecular formula is C38H42Cl2SiZr+2. The maximum atomic E-state index is 4.93. The van der Waals surface area contributed by atoms with E-state index in [1.165, 1.54) is 69.3 Å². The molecule has 2 fully saturated rings. The van der Waals surface area contributed by atoms with E-state index < -0.39 is 28.9 Å². The summed E-state index contributed by atoms with van der Waals surface area (Å²) >= 11 is -0.826. The topological polar surface area (TPSA) is 0 Å². The van der Waals surface area contributed by atoms with Crippen molar-refractivity contribution in [3.05, 3.63) is 147 Å². The summed E-state index contributed by atoms with van der Waals surface area (Å²) in [5, 5.41) is 0. The summed E-state index contributed by atoms with van der Waals surface area (Å²) in [6, 6.07) is 6.90. The van der Waals surface area contributed by atoms with Gasteiger partial charge in [-0.3, -0.25) is 0 Å². The Hall–Kier alpha value is -0.400. The second-order valence-electron chi connectivity index (χ2n) is 14.5. The number of allylic oxidation sites excluding steroid dienone is 9. The molecule has 0 saturated heterocycles. The number of rotatable bonds is 2. The van der Waals surface area contributed by atoms with Crippen molar-refractivity contribution >= 4 is 31.2 Å². The van der Waals surface area contributed by atoms with Crippen LogP contribution in [0.4, 0.5) is 0 Å². The van der Waals surface area contributed by atoms with Crippen LogP contribution in [0.25, 0.3) is 6.08 Å². The van der Waals surface area contributed by atoms with Crippen molar-refractivity contribution in [1.82, 2.24) is 0 Å². The average Bonchev–Trinajstić information content (AvgIpc) is 3.42. The molecule has 0 atom stereocenters. The van der Waals surface area contributed by atoms with E-state index in [1.807, 2.05) is 0 Å². The van der Waals surface area contributed by atoms with Gasteiger partial charge in [-0.1, -0.05) is 134 Å². The molecule has 0 bridgehead atoms. The van der Waals surface area contributed by atoms with Crippen LogP contribution in [0, 0.1) is 76.7 Å². The van der Waals surface area contributed by atoms with E-state index in [-0.39, 0.29) is 10.8 Å². The van der Waals surface area contributed by atoms with Gasteiger partial charge in [0.1, 0.15) is 0 Å². The predicted molar refractivity (Wildman–Crippen MR) is 181 cm³/mol. The first-order valence-corrected chi connectivity index (χ1v) is 24.2. The number of benzene rings is 1. The van der Waals surface area contributed by atoms with Crippen LogP contribution in [0.15, 0.2) is 71.9 Å². The number of halogens is 2. The van der Waals surface area contributed by atoms with Gasteiger partial charge in [-0.2, -0.15) is 0 Å². The van der Waals surface area contributed by atoms with Gasteiger partial charge in [-0.05, 0) is 63.4 Å². The zero-order valence-corrected chi connectivity index (χ0v) is 31.7. The first kappa shape index (κ1) is 33.0. The molecule has 0 spiro atoms. The fourth-order valence-corrected chi connectivity index (χ4v) is 11.0. The molecule has 0 nitrogen and oxygen atoms in total. The third-order valence-electron chi connectivity index (χ3n) is 9.09. The summed E-state index contributed by atoms with van der Waals surface area (Å²) in [6.45, 7) is 23.7. The van der Waals surface area contributed by atoms with Crippen LogP contribution in [-0.4, -0.2) is 8.07 Å². The molecule has 0 aliphatic heterocycles. The predicted octanol–water partition coefficient (Wildman–Crippen LogP) is 11.0. The van der Waals surface area contributed by atoms with Gasteiger partial charge in [0.15, 0.2) is 0 Å². The SMILES string of the molecule is C[C]1[CH][C]2[C](C=Cc3cc(C)ccc32)[C]1[Si](C)(C)[C]1[C]2C=C(C(C)(C)C)C=C[C]2[C]2C=CC(C(C)(C)C)=C[C]21.[Cl][Zr+2][Cl]. The Balaban J connectivity index is 0.00000113. The minimum absolute atomic E-state index is 0.108. The van der Waals surface area contributed by atoms with E-state index >= 15 is 0 Å². The molecule has 5 aliphatic rings. The molecule has 0 N–H and O–H groups in total. The molecule has 10 radical (unpaired) electrons. The first-order valence-electron chi connectivity index (χ1n) is 14.8. The fourth-order valence-electron chi connectivity index (χ4n) is 7.03. The Morgan fingerprint density at radius 1 is 0.619 bits per heavy atom. The van der Waals surface area contributed by atoms with Crippen molar-refractivity contribution in [1.29, 1.82) is 0 Å². The molecule has 5 aliphatic carbocycles. The minimum atomic E-state index is -2.15. The molecule has 1 aromatic carbocycles. The van der Waals surface area contributed by atoms with E-state index in [2.05, 4.69) is 142 Å². The second-order valence-corrected chi connectivity index (χ2v) is 22.5. The molecule has 0 heterocycles. The van der Waals surface area contributed by atoms with Crippen LogP contribution in [0.5, 0.6) is 0 Å². The summed E-state index contributed by atoms with van der Waals surface area (Å²) in [5.74, 6) is 10.0. The van der Waals surface area contributed by atoms with Crippen LogP contribution in [0.1, 0.15) is 65.2 Å². The summed E-state index contributed by atoms with van der Waals surface area (Å²) in [6.07, 6.45) is 21.8. The van der Waals surface area contributed by atoms with Crippen LogP contribution in [-0.2, 0) is 20.8 Å². The third kappa shape index (κ3) is 5.95. The zero-order valence-electron chi connectivity index (χ0n) is 26.7.